The van der Waals surface area contributed by atoms with Gasteiger partial charge in [0.1, 0.15) is 16.8 Å². The van der Waals surface area contributed by atoms with Crippen molar-refractivity contribution in [2.24, 2.45) is 0 Å². The number of benzene rings is 2. The number of thiophene rings is 2. The third kappa shape index (κ3) is 7.88. The summed E-state index contributed by atoms with van der Waals surface area (Å²) in [7, 11) is 0. The number of fused-ring (bicyclic) bond motifs is 1. The molecular weight excluding hydrogens is 627 g/mol. The van der Waals surface area contributed by atoms with Crippen molar-refractivity contribution < 1.29 is 19.2 Å². The predicted octanol–water partition coefficient (Wildman–Crippen LogP) is 6.11. The fraction of sp³-hybridized carbons (Fsp3) is 0.182. The molecule has 3 heterocycles. The van der Waals surface area contributed by atoms with Crippen molar-refractivity contribution in [3.63, 3.8) is 0 Å². The van der Waals surface area contributed by atoms with E-state index in [1.54, 1.807) is 60.4 Å². The van der Waals surface area contributed by atoms with Gasteiger partial charge in [-0.25, -0.2) is 0 Å². The molecule has 0 radical (unpaired) electrons. The van der Waals surface area contributed by atoms with Crippen molar-refractivity contribution in [1.29, 1.82) is 5.26 Å². The highest BCUT2D eigenvalue weighted by molar-refractivity contribution is 8.00. The molecule has 0 saturated carbocycles. The molecule has 228 valence electrons. The lowest BCUT2D eigenvalue weighted by molar-refractivity contribution is -0.129. The maximum Gasteiger partial charge on any atom is 0.272 e. The van der Waals surface area contributed by atoms with Crippen LogP contribution in [0.3, 0.4) is 0 Å². The number of hydrogen-bond donors (Lipinski definition) is 3. The summed E-state index contributed by atoms with van der Waals surface area (Å²) in [6.45, 7) is 4.27. The van der Waals surface area contributed by atoms with E-state index in [0.717, 1.165) is 20.2 Å². The quantitative estimate of drug-likeness (QED) is 0.147. The molecule has 45 heavy (non-hydrogen) atoms. The molecule has 0 spiro atoms. The Labute approximate surface area is 273 Å². The number of rotatable bonds is 9. The van der Waals surface area contributed by atoms with Gasteiger partial charge in [0.25, 0.3) is 11.8 Å². The molecule has 1 unspecified atom stereocenters. The number of carbonyl (C=O) groups is 4. The minimum atomic E-state index is -0.519. The summed E-state index contributed by atoms with van der Waals surface area (Å²) in [6, 6.07) is 21.7. The smallest absolute Gasteiger partial charge is 0.272 e. The van der Waals surface area contributed by atoms with Crippen LogP contribution >= 0.6 is 34.4 Å². The Kier molecular flexibility index (Phi) is 10.1. The van der Waals surface area contributed by atoms with E-state index in [4.69, 9.17) is 0 Å². The average Bonchev–Trinajstić information content (AvgIpc) is 3.67. The predicted molar refractivity (Wildman–Crippen MR) is 179 cm³/mol. The highest BCUT2D eigenvalue weighted by Gasteiger charge is 2.27. The van der Waals surface area contributed by atoms with Crippen LogP contribution < -0.4 is 16.0 Å². The van der Waals surface area contributed by atoms with Crippen LogP contribution in [0.15, 0.2) is 82.7 Å². The molecule has 0 aliphatic carbocycles. The number of amides is 4. The monoisotopic (exact) mass is 655 g/mol. The first-order valence-electron chi connectivity index (χ1n) is 14.0. The molecule has 2 aromatic carbocycles. The summed E-state index contributed by atoms with van der Waals surface area (Å²) in [5.74, 6) is -1.18. The van der Waals surface area contributed by atoms with Gasteiger partial charge in [-0.05, 0) is 66.8 Å². The van der Waals surface area contributed by atoms with Crippen molar-refractivity contribution >= 4 is 74.8 Å². The first-order valence-corrected chi connectivity index (χ1v) is 16.6. The van der Waals surface area contributed by atoms with Gasteiger partial charge in [0.2, 0.25) is 11.8 Å². The summed E-state index contributed by atoms with van der Waals surface area (Å²) in [5.41, 5.74) is 2.37. The van der Waals surface area contributed by atoms with Crippen LogP contribution in [0.4, 0.5) is 10.7 Å². The average molecular weight is 656 g/mol. The second kappa shape index (κ2) is 14.4. The number of thioether (sulfide) groups is 1. The normalized spacial score (nSPS) is 13.3. The van der Waals surface area contributed by atoms with E-state index in [2.05, 4.69) is 22.0 Å². The number of nitrogens with zero attached hydrogens (tertiary/aromatic N) is 2. The molecule has 4 aromatic rings. The summed E-state index contributed by atoms with van der Waals surface area (Å²) >= 11 is 4.08. The van der Waals surface area contributed by atoms with E-state index < -0.39 is 17.1 Å². The van der Waals surface area contributed by atoms with Crippen LogP contribution in [0.1, 0.15) is 45.1 Å². The highest BCUT2D eigenvalue weighted by Crippen LogP contribution is 2.37. The van der Waals surface area contributed by atoms with Gasteiger partial charge >= 0.3 is 0 Å². The first kappa shape index (κ1) is 31.7. The third-order valence-corrected chi connectivity index (χ3v) is 10.0. The topological polar surface area (TPSA) is 131 Å². The number of nitrogens with one attached hydrogen (secondary N) is 3. The lowest BCUT2D eigenvalue weighted by Crippen LogP contribution is -2.33. The molecule has 2 aromatic heterocycles. The molecular formula is C33H29N5O4S3. The van der Waals surface area contributed by atoms with Crippen LogP contribution in [-0.2, 0) is 27.3 Å². The Balaban J connectivity index is 1.25. The van der Waals surface area contributed by atoms with Crippen molar-refractivity contribution in [1.82, 2.24) is 10.2 Å². The number of hydrogen-bond acceptors (Lipinski definition) is 8. The van der Waals surface area contributed by atoms with Crippen LogP contribution in [-0.4, -0.2) is 40.3 Å². The van der Waals surface area contributed by atoms with E-state index in [1.807, 2.05) is 29.6 Å². The summed E-state index contributed by atoms with van der Waals surface area (Å²) in [5, 5.41) is 20.2. The van der Waals surface area contributed by atoms with Gasteiger partial charge in [0.05, 0.1) is 17.4 Å². The molecule has 12 heteroatoms. The molecule has 1 aliphatic heterocycles. The summed E-state index contributed by atoms with van der Waals surface area (Å²) in [6.07, 6.45) is 2.20. The SMILES string of the molecule is CC(=O)N1CCc2c(sc(NC(=O)C(C)Sc3cccc(NC(=O)/C(=C/c4cccs4)NC(=O)c4ccccc4)c3)c2C#N)C1. The number of nitriles is 1. The van der Waals surface area contributed by atoms with Gasteiger partial charge in [0.15, 0.2) is 0 Å². The zero-order valence-electron chi connectivity index (χ0n) is 24.5. The van der Waals surface area contributed by atoms with Crippen molar-refractivity contribution in [2.75, 3.05) is 17.2 Å². The van der Waals surface area contributed by atoms with Crippen molar-refractivity contribution in [2.45, 2.75) is 37.0 Å². The lowest BCUT2D eigenvalue weighted by Gasteiger charge is -2.25. The summed E-state index contributed by atoms with van der Waals surface area (Å²) in [4.78, 5) is 55.4. The zero-order chi connectivity index (χ0) is 31.9. The van der Waals surface area contributed by atoms with Crippen molar-refractivity contribution in [3.8, 4) is 6.07 Å². The second-order valence-corrected chi connectivity index (χ2v) is 13.6. The van der Waals surface area contributed by atoms with Crippen molar-refractivity contribution in [3.05, 3.63) is 104 Å². The molecule has 5 rings (SSSR count). The molecule has 1 aliphatic rings. The fourth-order valence-electron chi connectivity index (χ4n) is 4.65. The molecule has 4 amide bonds. The minimum Gasteiger partial charge on any atom is -0.337 e. The molecule has 9 nitrogen and oxygen atoms in total. The lowest BCUT2D eigenvalue weighted by atomic mass is 10.0. The maximum absolute atomic E-state index is 13.3. The Morgan fingerprint density at radius 2 is 1.84 bits per heavy atom. The van der Waals surface area contributed by atoms with Crippen LogP contribution in [0.2, 0.25) is 0 Å². The second-order valence-electron chi connectivity index (χ2n) is 10.1. The van der Waals surface area contributed by atoms with Crippen LogP contribution in [0.25, 0.3) is 6.08 Å². The van der Waals surface area contributed by atoms with Gasteiger partial charge in [0, 0.05) is 39.4 Å². The molecule has 0 bridgehead atoms. The Morgan fingerprint density at radius 3 is 2.56 bits per heavy atom. The van der Waals surface area contributed by atoms with E-state index in [1.165, 1.54) is 41.4 Å². The standard InChI is InChI=1S/C33H29N5O4S3/c1-20(30(40)37-33-27(18-34)26-13-14-38(21(2)39)19-29(26)45-33)44-25-11-6-10-23(16-25)35-32(42)28(17-24-12-7-15-43-24)36-31(41)22-8-4-3-5-9-22/h3-12,15-17,20H,13-14,19H2,1-2H3,(H,35,42)(H,36,41)(H,37,40)/b28-17-. The zero-order valence-corrected chi connectivity index (χ0v) is 26.9. The molecule has 0 saturated heterocycles. The minimum absolute atomic E-state index is 0.0201. The molecule has 1 atom stereocenters. The van der Waals surface area contributed by atoms with E-state index >= 15 is 0 Å². The first-order chi connectivity index (χ1) is 21.7. The Morgan fingerprint density at radius 1 is 1.04 bits per heavy atom. The maximum atomic E-state index is 13.3. The summed E-state index contributed by atoms with van der Waals surface area (Å²) < 4.78 is 0. The number of anilines is 2. The van der Waals surface area contributed by atoms with Crippen LogP contribution in [0, 0.1) is 11.3 Å². The number of carbonyl (C=O) groups excluding carboxylic acids is 4. The van der Waals surface area contributed by atoms with Crippen LogP contribution in [0.5, 0.6) is 0 Å². The van der Waals surface area contributed by atoms with E-state index in [0.29, 0.717) is 41.3 Å². The Hall–Kier alpha value is -4.70. The fourth-order valence-corrected chi connectivity index (χ4v) is 7.45. The van der Waals surface area contributed by atoms with Gasteiger partial charge < -0.3 is 20.9 Å². The molecule has 0 fully saturated rings. The van der Waals surface area contributed by atoms with E-state index in [-0.39, 0.29) is 17.5 Å². The Bertz CT molecular complexity index is 1810. The largest absolute Gasteiger partial charge is 0.337 e. The third-order valence-electron chi connectivity index (χ3n) is 6.98. The van der Waals surface area contributed by atoms with Gasteiger partial charge in [-0.1, -0.05) is 30.3 Å². The molecule has 3 N–H and O–H groups in total. The highest BCUT2D eigenvalue weighted by atomic mass is 32.2. The van der Waals surface area contributed by atoms with E-state index in [9.17, 15) is 24.4 Å². The van der Waals surface area contributed by atoms with Gasteiger partial charge in [-0.2, -0.15) is 5.26 Å². The van der Waals surface area contributed by atoms with Gasteiger partial charge in [-0.15, -0.1) is 34.4 Å². The van der Waals surface area contributed by atoms with Gasteiger partial charge in [-0.3, -0.25) is 19.2 Å².